The van der Waals surface area contributed by atoms with Crippen molar-refractivity contribution in [3.8, 4) is 0 Å². The topological polar surface area (TPSA) is 117 Å². The lowest BCUT2D eigenvalue weighted by atomic mass is 9.90. The van der Waals surface area contributed by atoms with E-state index in [0.29, 0.717) is 11.8 Å². The Morgan fingerprint density at radius 2 is 0.889 bits per heavy atom. The van der Waals surface area contributed by atoms with E-state index in [0.717, 1.165) is 48.2 Å². The molecule has 4 aliphatic carbocycles. The van der Waals surface area contributed by atoms with Crippen molar-refractivity contribution >= 4 is 31.5 Å². The van der Waals surface area contributed by atoms with Gasteiger partial charge in [0.1, 0.15) is 0 Å². The number of sulfonamides is 2. The number of hydrogen-bond donors (Lipinski definition) is 2. The molecule has 4 saturated carbocycles. The predicted molar refractivity (Wildman–Crippen MR) is 137 cm³/mol. The highest BCUT2D eigenvalue weighted by Gasteiger charge is 2.65. The highest BCUT2D eigenvalue weighted by atomic mass is 32.2. The summed E-state index contributed by atoms with van der Waals surface area (Å²) in [5.74, 6) is 1.58. The summed E-state index contributed by atoms with van der Waals surface area (Å²) in [6.07, 6.45) is 3.68. The van der Waals surface area contributed by atoms with Gasteiger partial charge in [-0.05, 0) is 75.6 Å². The van der Waals surface area contributed by atoms with Gasteiger partial charge in [-0.3, -0.25) is 0 Å². The normalized spacial score (nSPS) is 30.4. The highest BCUT2D eigenvalue weighted by Crippen LogP contribution is 2.65. The fourth-order valence-electron chi connectivity index (χ4n) is 7.15. The Labute approximate surface area is 212 Å². The second-order valence-corrected chi connectivity index (χ2v) is 13.9. The molecule has 36 heavy (non-hydrogen) atoms. The van der Waals surface area contributed by atoms with Crippen LogP contribution in [0.25, 0.3) is 0 Å². The van der Waals surface area contributed by atoms with Crippen molar-refractivity contribution in [1.29, 1.82) is 0 Å². The number of aryl methyl sites for hydroxylation is 2. The smallest absolute Gasteiger partial charge is 0.200 e. The Bertz CT molecular complexity index is 1320. The lowest BCUT2D eigenvalue weighted by Gasteiger charge is -2.14. The molecule has 0 bridgehead atoms. The van der Waals surface area contributed by atoms with E-state index in [-0.39, 0.29) is 33.5 Å². The van der Waals surface area contributed by atoms with Crippen LogP contribution in [0, 0.1) is 49.4 Å². The summed E-state index contributed by atoms with van der Waals surface area (Å²) >= 11 is 0. The van der Waals surface area contributed by atoms with Crippen LogP contribution in [0.4, 0.5) is 0 Å². The van der Waals surface area contributed by atoms with E-state index in [1.165, 1.54) is 0 Å². The minimum Gasteiger partial charge on any atom is -0.200 e. The van der Waals surface area contributed by atoms with E-state index in [1.807, 2.05) is 13.8 Å². The largest absolute Gasteiger partial charge is 0.276 e. The van der Waals surface area contributed by atoms with Crippen molar-refractivity contribution < 1.29 is 16.8 Å². The molecule has 190 valence electrons. The number of nitrogens with one attached hydrogen (secondary N) is 2. The highest BCUT2D eigenvalue weighted by molar-refractivity contribution is 7.89. The molecule has 2 unspecified atom stereocenters. The van der Waals surface area contributed by atoms with E-state index < -0.39 is 20.0 Å². The molecule has 10 heteroatoms. The van der Waals surface area contributed by atoms with Gasteiger partial charge in [0.05, 0.1) is 9.79 Å². The minimum absolute atomic E-state index is 0.208. The van der Waals surface area contributed by atoms with Crippen molar-refractivity contribution in [2.24, 2.45) is 45.7 Å². The number of hydrazone groups is 2. The molecule has 0 amide bonds. The number of benzene rings is 2. The first-order valence-corrected chi connectivity index (χ1v) is 15.4. The van der Waals surface area contributed by atoms with Crippen molar-refractivity contribution in [2.45, 2.75) is 49.3 Å². The van der Waals surface area contributed by atoms with Crippen LogP contribution in [0.5, 0.6) is 0 Å². The lowest BCUT2D eigenvalue weighted by Crippen LogP contribution is -2.26. The fraction of sp³-hybridized carbons (Fsp3) is 0.462. The molecule has 4 aliphatic rings. The molecule has 4 fully saturated rings. The maximum atomic E-state index is 12.8. The fourth-order valence-corrected chi connectivity index (χ4v) is 8.80. The standard InChI is InChI=1S/C26H30N4O4S2/c1-15-3-7-17(8-4-15)35(31,32)29-27-25-19-11-13-21-23(19)24-20(25)12-14-22(24)26(21)28-30-36(33,34)18-9-5-16(2)6-10-18/h3-10,19-24,29-30H,11-14H2,1-2H3/t19-,20-,21+,22+,23?,24?. The van der Waals surface area contributed by atoms with E-state index >= 15 is 0 Å². The van der Waals surface area contributed by atoms with Gasteiger partial charge < -0.3 is 0 Å². The molecule has 8 nitrogen and oxygen atoms in total. The van der Waals surface area contributed by atoms with Crippen LogP contribution in [-0.2, 0) is 20.0 Å². The summed E-state index contributed by atoms with van der Waals surface area (Å²) in [4.78, 5) is 5.43. The van der Waals surface area contributed by atoms with Crippen molar-refractivity contribution in [3.63, 3.8) is 0 Å². The molecule has 0 aromatic heterocycles. The van der Waals surface area contributed by atoms with Gasteiger partial charge in [0, 0.05) is 35.1 Å². The predicted octanol–water partition coefficient (Wildman–Crippen LogP) is 3.58. The van der Waals surface area contributed by atoms with Gasteiger partial charge in [0.15, 0.2) is 0 Å². The molecule has 2 aromatic rings. The molecule has 0 aliphatic heterocycles. The second-order valence-electron chi connectivity index (χ2n) is 10.6. The Kier molecular flexibility index (Phi) is 5.53. The third-order valence-corrected chi connectivity index (χ3v) is 11.1. The third kappa shape index (κ3) is 3.76. The molecule has 6 atom stereocenters. The molecule has 2 aromatic carbocycles. The zero-order valence-electron chi connectivity index (χ0n) is 20.3. The van der Waals surface area contributed by atoms with Gasteiger partial charge in [-0.25, -0.2) is 9.66 Å². The van der Waals surface area contributed by atoms with Crippen LogP contribution in [0.15, 0.2) is 68.5 Å². The summed E-state index contributed by atoms with van der Waals surface area (Å²) in [6, 6.07) is 13.5. The van der Waals surface area contributed by atoms with Gasteiger partial charge >= 0.3 is 0 Å². The SMILES string of the molecule is Cc1ccc(S(=O)(=O)NN=C2[C@H]3CC[C@H]4C(=NNS(=O)(=O)c5ccc(C)cc5)[C@@H]5CC[C@H]2C5C34)cc1. The van der Waals surface area contributed by atoms with Gasteiger partial charge in [-0.15, -0.1) is 0 Å². The quantitative estimate of drug-likeness (QED) is 0.560. The maximum Gasteiger partial charge on any atom is 0.276 e. The van der Waals surface area contributed by atoms with Crippen LogP contribution in [-0.4, -0.2) is 28.3 Å². The number of nitrogens with zero attached hydrogens (tertiary/aromatic N) is 2. The molecule has 0 saturated heterocycles. The average molecular weight is 527 g/mol. The van der Waals surface area contributed by atoms with E-state index in [4.69, 9.17) is 0 Å². The monoisotopic (exact) mass is 526 g/mol. The molecule has 6 rings (SSSR count). The van der Waals surface area contributed by atoms with Crippen LogP contribution < -0.4 is 9.66 Å². The Hall–Kier alpha value is -2.72. The van der Waals surface area contributed by atoms with Crippen LogP contribution in [0.1, 0.15) is 36.8 Å². The van der Waals surface area contributed by atoms with Crippen molar-refractivity contribution in [1.82, 2.24) is 9.66 Å². The number of hydrogen-bond acceptors (Lipinski definition) is 6. The van der Waals surface area contributed by atoms with E-state index in [1.54, 1.807) is 48.5 Å². The lowest BCUT2D eigenvalue weighted by molar-refractivity contribution is 0.322. The summed E-state index contributed by atoms with van der Waals surface area (Å²) in [5, 5.41) is 9.04. The molecule has 0 heterocycles. The van der Waals surface area contributed by atoms with Gasteiger partial charge in [-0.1, -0.05) is 35.4 Å². The zero-order chi connectivity index (χ0) is 25.2. The Balaban J connectivity index is 1.23. The van der Waals surface area contributed by atoms with Gasteiger partial charge in [-0.2, -0.15) is 27.0 Å². The molecular formula is C26H30N4O4S2. The summed E-state index contributed by atoms with van der Waals surface area (Å²) in [7, 11) is -7.45. The third-order valence-electron chi connectivity index (χ3n) is 8.65. The van der Waals surface area contributed by atoms with E-state index in [9.17, 15) is 16.8 Å². The first-order valence-electron chi connectivity index (χ1n) is 12.5. The first kappa shape index (κ1) is 23.7. The van der Waals surface area contributed by atoms with Crippen LogP contribution in [0.2, 0.25) is 0 Å². The van der Waals surface area contributed by atoms with E-state index in [2.05, 4.69) is 19.9 Å². The van der Waals surface area contributed by atoms with Gasteiger partial charge in [0.25, 0.3) is 20.0 Å². The Morgan fingerprint density at radius 1 is 0.583 bits per heavy atom. The van der Waals surface area contributed by atoms with Crippen molar-refractivity contribution in [2.75, 3.05) is 0 Å². The second kappa shape index (κ2) is 8.41. The zero-order valence-corrected chi connectivity index (χ0v) is 21.9. The molecule has 0 spiro atoms. The van der Waals surface area contributed by atoms with Crippen LogP contribution in [0.3, 0.4) is 0 Å². The summed E-state index contributed by atoms with van der Waals surface area (Å²) < 4.78 is 51.3. The Morgan fingerprint density at radius 3 is 1.19 bits per heavy atom. The average Bonchev–Trinajstić information content (AvgIpc) is 3.57. The summed E-state index contributed by atoms with van der Waals surface area (Å²) in [6.45, 7) is 3.83. The summed E-state index contributed by atoms with van der Waals surface area (Å²) in [5.41, 5.74) is 3.95. The van der Waals surface area contributed by atoms with Crippen LogP contribution >= 0.6 is 0 Å². The molecule has 0 radical (unpaired) electrons. The molecule has 2 N–H and O–H groups in total. The first-order chi connectivity index (χ1) is 17.2. The number of rotatable bonds is 6. The minimum atomic E-state index is -3.73. The maximum absolute atomic E-state index is 12.8. The van der Waals surface area contributed by atoms with Crippen molar-refractivity contribution in [3.05, 3.63) is 59.7 Å². The van der Waals surface area contributed by atoms with Gasteiger partial charge in [0.2, 0.25) is 0 Å². The molecular weight excluding hydrogens is 496 g/mol.